The highest BCUT2D eigenvalue weighted by Gasteiger charge is 2.06. The lowest BCUT2D eigenvalue weighted by Gasteiger charge is -2.20. The van der Waals surface area contributed by atoms with Gasteiger partial charge in [-0.3, -0.25) is 0 Å². The Morgan fingerprint density at radius 3 is 2.93 bits per heavy atom. The Morgan fingerprint density at radius 2 is 2.33 bits per heavy atom. The second-order valence-corrected chi connectivity index (χ2v) is 5.22. The highest BCUT2D eigenvalue weighted by atomic mass is 32.1. The van der Waals surface area contributed by atoms with Crippen LogP contribution in [-0.4, -0.2) is 31.6 Å². The minimum Gasteiger partial charge on any atom is -0.317 e. The molecule has 1 aromatic heterocycles. The fourth-order valence-electron chi connectivity index (χ4n) is 1.72. The van der Waals surface area contributed by atoms with Crippen molar-refractivity contribution in [1.82, 2.24) is 10.2 Å². The van der Waals surface area contributed by atoms with Gasteiger partial charge < -0.3 is 10.2 Å². The summed E-state index contributed by atoms with van der Waals surface area (Å²) in [6.07, 6.45) is 0. The predicted molar refractivity (Wildman–Crippen MR) is 68.4 cm³/mol. The van der Waals surface area contributed by atoms with Crippen molar-refractivity contribution in [2.45, 2.75) is 20.4 Å². The van der Waals surface area contributed by atoms with E-state index in [1.165, 1.54) is 4.88 Å². The van der Waals surface area contributed by atoms with E-state index >= 15 is 0 Å². The van der Waals surface area contributed by atoms with E-state index in [1.807, 2.05) is 11.3 Å². The van der Waals surface area contributed by atoms with Crippen molar-refractivity contribution in [3.8, 4) is 0 Å². The first-order chi connectivity index (χ1) is 7.22. The molecule has 1 aromatic rings. The Kier molecular flexibility index (Phi) is 5.91. The number of thiophene rings is 1. The van der Waals surface area contributed by atoms with Gasteiger partial charge in [-0.2, -0.15) is 0 Å². The summed E-state index contributed by atoms with van der Waals surface area (Å²) in [4.78, 5) is 3.85. The summed E-state index contributed by atoms with van der Waals surface area (Å²) in [5.74, 6) is 0.718. The first-order valence-electron chi connectivity index (χ1n) is 5.64. The minimum atomic E-state index is 0.718. The van der Waals surface area contributed by atoms with Crippen LogP contribution in [0.3, 0.4) is 0 Å². The number of nitrogens with one attached hydrogen (secondary N) is 1. The molecule has 3 heteroatoms. The predicted octanol–water partition coefficient (Wildman–Crippen LogP) is 2.43. The molecule has 15 heavy (non-hydrogen) atoms. The van der Waals surface area contributed by atoms with Crippen molar-refractivity contribution in [2.24, 2.45) is 5.92 Å². The quantitative estimate of drug-likeness (QED) is 0.768. The number of rotatable bonds is 7. The number of hydrogen-bond donors (Lipinski definition) is 1. The third kappa shape index (κ3) is 5.30. The molecule has 1 N–H and O–H groups in total. The van der Waals surface area contributed by atoms with Gasteiger partial charge in [-0.15, -0.1) is 11.3 Å². The molecule has 86 valence electrons. The summed E-state index contributed by atoms with van der Waals surface area (Å²) in [6.45, 7) is 8.87. The van der Waals surface area contributed by atoms with Crippen LogP contribution in [0, 0.1) is 5.92 Å². The Balaban J connectivity index is 2.20. The van der Waals surface area contributed by atoms with Crippen LogP contribution >= 0.6 is 11.3 Å². The van der Waals surface area contributed by atoms with Gasteiger partial charge in [-0.1, -0.05) is 19.9 Å². The third-order valence-corrected chi connectivity index (χ3v) is 3.23. The number of nitrogens with zero attached hydrogens (tertiary/aromatic N) is 1. The molecule has 0 bridgehead atoms. The first-order valence-corrected chi connectivity index (χ1v) is 6.52. The Bertz CT molecular complexity index is 246. The molecule has 0 radical (unpaired) electrons. The van der Waals surface area contributed by atoms with Gasteiger partial charge in [0.15, 0.2) is 0 Å². The maximum atomic E-state index is 3.39. The average Bonchev–Trinajstić information content (AvgIpc) is 2.67. The Morgan fingerprint density at radius 1 is 1.53 bits per heavy atom. The van der Waals surface area contributed by atoms with E-state index in [0.717, 1.165) is 32.1 Å². The molecule has 1 atom stereocenters. The second kappa shape index (κ2) is 6.99. The standard InChI is InChI=1S/C12H22N2S/c1-4-13-8-11(2)9-14(3)10-12-6-5-7-15-12/h5-7,11,13H,4,8-10H2,1-3H3. The van der Waals surface area contributed by atoms with Crippen LogP contribution in [0.1, 0.15) is 18.7 Å². The lowest BCUT2D eigenvalue weighted by molar-refractivity contribution is 0.277. The summed E-state index contributed by atoms with van der Waals surface area (Å²) >= 11 is 1.84. The van der Waals surface area contributed by atoms with E-state index in [1.54, 1.807) is 0 Å². The smallest absolute Gasteiger partial charge is 0.0324 e. The lowest BCUT2D eigenvalue weighted by atomic mass is 10.1. The van der Waals surface area contributed by atoms with E-state index in [-0.39, 0.29) is 0 Å². The average molecular weight is 226 g/mol. The Hall–Kier alpha value is -0.380. The molecule has 0 amide bonds. The molecule has 1 unspecified atom stereocenters. The van der Waals surface area contributed by atoms with Crippen molar-refractivity contribution in [2.75, 3.05) is 26.7 Å². The van der Waals surface area contributed by atoms with E-state index in [2.05, 4.69) is 48.6 Å². The third-order valence-electron chi connectivity index (χ3n) is 2.37. The van der Waals surface area contributed by atoms with Gasteiger partial charge >= 0.3 is 0 Å². The highest BCUT2D eigenvalue weighted by molar-refractivity contribution is 7.09. The van der Waals surface area contributed by atoms with Crippen molar-refractivity contribution in [1.29, 1.82) is 0 Å². The maximum Gasteiger partial charge on any atom is 0.0324 e. The summed E-state index contributed by atoms with van der Waals surface area (Å²) in [5, 5.41) is 5.53. The first kappa shape index (κ1) is 12.7. The monoisotopic (exact) mass is 226 g/mol. The summed E-state index contributed by atoms with van der Waals surface area (Å²) < 4.78 is 0. The van der Waals surface area contributed by atoms with Crippen LogP contribution in [0.4, 0.5) is 0 Å². The number of hydrogen-bond acceptors (Lipinski definition) is 3. The molecule has 0 saturated carbocycles. The minimum absolute atomic E-state index is 0.718. The van der Waals surface area contributed by atoms with Crippen LogP contribution in [0.5, 0.6) is 0 Å². The Labute approximate surface area is 97.3 Å². The van der Waals surface area contributed by atoms with Crippen LogP contribution in [-0.2, 0) is 6.54 Å². The molecule has 0 fully saturated rings. The topological polar surface area (TPSA) is 15.3 Å². The largest absolute Gasteiger partial charge is 0.317 e. The zero-order chi connectivity index (χ0) is 11.1. The maximum absolute atomic E-state index is 3.39. The van der Waals surface area contributed by atoms with Crippen molar-refractivity contribution < 1.29 is 0 Å². The summed E-state index contributed by atoms with van der Waals surface area (Å²) in [6, 6.07) is 4.33. The van der Waals surface area contributed by atoms with Crippen LogP contribution in [0.15, 0.2) is 17.5 Å². The van der Waals surface area contributed by atoms with E-state index < -0.39 is 0 Å². The van der Waals surface area contributed by atoms with E-state index in [9.17, 15) is 0 Å². The molecular formula is C12H22N2S. The zero-order valence-electron chi connectivity index (χ0n) is 9.99. The summed E-state index contributed by atoms with van der Waals surface area (Å²) in [7, 11) is 2.20. The second-order valence-electron chi connectivity index (χ2n) is 4.19. The molecule has 0 saturated heterocycles. The van der Waals surface area contributed by atoms with Crippen molar-refractivity contribution in [3.05, 3.63) is 22.4 Å². The molecule has 1 rings (SSSR count). The SMILES string of the molecule is CCNCC(C)CN(C)Cc1cccs1. The molecule has 0 aliphatic heterocycles. The van der Waals surface area contributed by atoms with Gasteiger partial charge in [0, 0.05) is 18.0 Å². The van der Waals surface area contributed by atoms with Gasteiger partial charge in [-0.05, 0) is 37.5 Å². The van der Waals surface area contributed by atoms with E-state index in [0.29, 0.717) is 0 Å². The molecular weight excluding hydrogens is 204 g/mol. The molecule has 2 nitrogen and oxygen atoms in total. The van der Waals surface area contributed by atoms with Crippen LogP contribution in [0.25, 0.3) is 0 Å². The van der Waals surface area contributed by atoms with Gasteiger partial charge in [0.25, 0.3) is 0 Å². The van der Waals surface area contributed by atoms with Crippen molar-refractivity contribution >= 4 is 11.3 Å². The van der Waals surface area contributed by atoms with Gasteiger partial charge in [0.05, 0.1) is 0 Å². The van der Waals surface area contributed by atoms with E-state index in [4.69, 9.17) is 0 Å². The normalized spacial score (nSPS) is 13.3. The van der Waals surface area contributed by atoms with Crippen LogP contribution < -0.4 is 5.32 Å². The summed E-state index contributed by atoms with van der Waals surface area (Å²) in [5.41, 5.74) is 0. The zero-order valence-corrected chi connectivity index (χ0v) is 10.8. The lowest BCUT2D eigenvalue weighted by Crippen LogP contribution is -2.30. The highest BCUT2D eigenvalue weighted by Crippen LogP contribution is 2.11. The van der Waals surface area contributed by atoms with Crippen LogP contribution in [0.2, 0.25) is 0 Å². The molecule has 0 aliphatic carbocycles. The molecule has 0 aliphatic rings. The molecule has 0 spiro atoms. The van der Waals surface area contributed by atoms with Gasteiger partial charge in [0.1, 0.15) is 0 Å². The fraction of sp³-hybridized carbons (Fsp3) is 0.667. The molecule has 0 aromatic carbocycles. The fourth-order valence-corrected chi connectivity index (χ4v) is 2.50. The van der Waals surface area contributed by atoms with Crippen molar-refractivity contribution in [3.63, 3.8) is 0 Å². The molecule has 1 heterocycles. The van der Waals surface area contributed by atoms with Gasteiger partial charge in [0.2, 0.25) is 0 Å². The van der Waals surface area contributed by atoms with Gasteiger partial charge in [-0.25, -0.2) is 0 Å².